The highest BCUT2D eigenvalue weighted by Crippen LogP contribution is 2.34. The summed E-state index contributed by atoms with van der Waals surface area (Å²) in [6, 6.07) is 18.0. The van der Waals surface area contributed by atoms with Crippen LogP contribution in [0.25, 0.3) is 0 Å². The molecular weight excluding hydrogens is 487 g/mol. The molecule has 0 spiro atoms. The predicted octanol–water partition coefficient (Wildman–Crippen LogP) is 4.00. The molecule has 1 saturated heterocycles. The van der Waals surface area contributed by atoms with Crippen LogP contribution in [0.15, 0.2) is 60.7 Å². The molecule has 0 aromatic heterocycles. The van der Waals surface area contributed by atoms with E-state index in [1.807, 2.05) is 30.3 Å². The molecule has 3 aromatic carbocycles. The Balaban J connectivity index is 1.24. The summed E-state index contributed by atoms with van der Waals surface area (Å²) in [6.45, 7) is -0.154. The van der Waals surface area contributed by atoms with Crippen molar-refractivity contribution in [2.75, 3.05) is 13.2 Å². The van der Waals surface area contributed by atoms with Gasteiger partial charge in [0.15, 0.2) is 11.6 Å². The van der Waals surface area contributed by atoms with Gasteiger partial charge in [0.1, 0.15) is 30.7 Å². The summed E-state index contributed by atoms with van der Waals surface area (Å²) in [5.41, 5.74) is 3.37. The Morgan fingerprint density at radius 2 is 1.89 bits per heavy atom. The molecule has 3 aromatic rings. The van der Waals surface area contributed by atoms with Gasteiger partial charge >= 0.3 is 0 Å². The third-order valence-electron chi connectivity index (χ3n) is 6.72. The minimum Gasteiger partial charge on any atom is -0.487 e. The maximum atomic E-state index is 14.8. The number of hydrogen-bond acceptors (Lipinski definition) is 6. The molecule has 36 heavy (non-hydrogen) atoms. The highest BCUT2D eigenvalue weighted by Gasteiger charge is 2.37. The van der Waals surface area contributed by atoms with Gasteiger partial charge in [-0.1, -0.05) is 48.0 Å². The lowest BCUT2D eigenvalue weighted by Gasteiger charge is -2.36. The molecule has 0 amide bonds. The summed E-state index contributed by atoms with van der Waals surface area (Å²) in [6.07, 6.45) is -2.39. The van der Waals surface area contributed by atoms with Crippen molar-refractivity contribution in [1.82, 2.24) is 0 Å². The van der Waals surface area contributed by atoms with Crippen molar-refractivity contribution < 1.29 is 33.9 Å². The van der Waals surface area contributed by atoms with E-state index in [0.29, 0.717) is 11.4 Å². The molecule has 2 aliphatic rings. The highest BCUT2D eigenvalue weighted by molar-refractivity contribution is 6.31. The molecule has 2 aliphatic heterocycles. The van der Waals surface area contributed by atoms with Crippen molar-refractivity contribution in [1.29, 1.82) is 0 Å². The molecular formula is C28H28ClFO6. The number of aliphatic hydroxyl groups is 3. The highest BCUT2D eigenvalue weighted by atomic mass is 35.5. The number of aliphatic hydroxyl groups excluding tert-OH is 3. The van der Waals surface area contributed by atoms with Crippen molar-refractivity contribution in [3.05, 3.63) is 93.8 Å². The Labute approximate surface area is 213 Å². The van der Waals surface area contributed by atoms with Crippen LogP contribution >= 0.6 is 11.6 Å². The predicted molar refractivity (Wildman–Crippen MR) is 132 cm³/mol. The number of halogens is 2. The number of para-hydroxylation sites is 1. The first-order valence-corrected chi connectivity index (χ1v) is 12.4. The van der Waals surface area contributed by atoms with Gasteiger partial charge in [-0.15, -0.1) is 0 Å². The van der Waals surface area contributed by atoms with Gasteiger partial charge < -0.3 is 29.5 Å². The Morgan fingerprint density at radius 3 is 2.67 bits per heavy atom. The summed E-state index contributed by atoms with van der Waals surface area (Å²) < 4.78 is 32.2. The van der Waals surface area contributed by atoms with Crippen LogP contribution in [0.4, 0.5) is 4.39 Å². The zero-order valence-electron chi connectivity index (χ0n) is 19.5. The summed E-state index contributed by atoms with van der Waals surface area (Å²) >= 11 is 6.42. The van der Waals surface area contributed by atoms with E-state index in [0.717, 1.165) is 34.4 Å². The molecule has 5 atom stereocenters. The largest absolute Gasteiger partial charge is 0.487 e. The Morgan fingerprint density at radius 1 is 1.06 bits per heavy atom. The van der Waals surface area contributed by atoms with Gasteiger partial charge in [0.2, 0.25) is 0 Å². The maximum absolute atomic E-state index is 14.8. The number of fused-ring (bicyclic) bond motifs is 1. The zero-order valence-corrected chi connectivity index (χ0v) is 20.3. The molecule has 1 unspecified atom stereocenters. The summed E-state index contributed by atoms with van der Waals surface area (Å²) in [5, 5.41) is 30.1. The zero-order chi connectivity index (χ0) is 25.2. The Kier molecular flexibility index (Phi) is 7.46. The first-order valence-electron chi connectivity index (χ1n) is 12.0. The third kappa shape index (κ3) is 5.36. The fourth-order valence-electron chi connectivity index (χ4n) is 4.77. The molecule has 190 valence electrons. The van der Waals surface area contributed by atoms with Crippen molar-refractivity contribution in [2.24, 2.45) is 0 Å². The molecule has 0 aliphatic carbocycles. The molecule has 6 nitrogen and oxygen atoms in total. The SMILES string of the molecule is OC[C@H]1O[C@@H](c2ccc(Cl)c(Cc3ccc(OCC4Cc5ccccc5O4)c(F)c3)c2)C[C@@H](O)[C@@H]1O. The minimum atomic E-state index is -1.14. The van der Waals surface area contributed by atoms with Crippen LogP contribution in [-0.4, -0.2) is 52.9 Å². The van der Waals surface area contributed by atoms with Crippen LogP contribution in [0.5, 0.6) is 11.5 Å². The normalized spacial score (nSPS) is 25.3. The topological polar surface area (TPSA) is 88.4 Å². The van der Waals surface area contributed by atoms with E-state index in [1.54, 1.807) is 24.3 Å². The van der Waals surface area contributed by atoms with E-state index < -0.39 is 36.8 Å². The lowest BCUT2D eigenvalue weighted by Crippen LogP contribution is -2.47. The Bertz CT molecular complexity index is 1200. The number of rotatable bonds is 7. The third-order valence-corrected chi connectivity index (χ3v) is 7.09. The van der Waals surface area contributed by atoms with E-state index in [9.17, 15) is 19.7 Å². The lowest BCUT2D eigenvalue weighted by atomic mass is 9.92. The van der Waals surface area contributed by atoms with Gasteiger partial charge in [-0.05, 0) is 52.9 Å². The summed E-state index contributed by atoms with van der Waals surface area (Å²) in [7, 11) is 0. The molecule has 2 heterocycles. The van der Waals surface area contributed by atoms with E-state index >= 15 is 0 Å². The van der Waals surface area contributed by atoms with Gasteiger partial charge in [-0.2, -0.15) is 0 Å². The molecule has 3 N–H and O–H groups in total. The average Bonchev–Trinajstić information content (AvgIpc) is 3.29. The van der Waals surface area contributed by atoms with E-state index in [4.69, 9.17) is 25.8 Å². The lowest BCUT2D eigenvalue weighted by molar-refractivity contribution is -0.181. The number of hydrogen-bond donors (Lipinski definition) is 3. The standard InChI is InChI=1S/C28H28ClFO6/c29-21-7-6-18(26-13-23(32)28(33)27(14-31)36-26)11-19(21)9-16-5-8-25(22(30)10-16)34-15-20-12-17-3-1-2-4-24(17)35-20/h1-8,10-11,20,23,26-28,31-33H,9,12-15H2/t20?,23-,26-,27-,28+/m1/s1. The maximum Gasteiger partial charge on any atom is 0.165 e. The van der Waals surface area contributed by atoms with Crippen LogP contribution in [0.3, 0.4) is 0 Å². The molecule has 0 saturated carbocycles. The minimum absolute atomic E-state index is 0.157. The molecule has 1 fully saturated rings. The van der Waals surface area contributed by atoms with Crippen molar-refractivity contribution in [2.45, 2.75) is 49.8 Å². The fraction of sp³-hybridized carbons (Fsp3) is 0.357. The Hall–Kier alpha value is -2.68. The van der Waals surface area contributed by atoms with Crippen LogP contribution in [0, 0.1) is 5.82 Å². The second-order valence-corrected chi connectivity index (χ2v) is 9.70. The monoisotopic (exact) mass is 514 g/mol. The molecule has 5 rings (SSSR count). The molecule has 0 bridgehead atoms. The number of ether oxygens (including phenoxy) is 3. The van der Waals surface area contributed by atoms with Crippen molar-refractivity contribution in [3.63, 3.8) is 0 Å². The van der Waals surface area contributed by atoms with Gasteiger partial charge in [-0.25, -0.2) is 4.39 Å². The van der Waals surface area contributed by atoms with Gasteiger partial charge in [0.25, 0.3) is 0 Å². The fourth-order valence-corrected chi connectivity index (χ4v) is 4.95. The van der Waals surface area contributed by atoms with E-state index in [2.05, 4.69) is 0 Å². The van der Waals surface area contributed by atoms with Crippen LogP contribution in [0.2, 0.25) is 5.02 Å². The smallest absolute Gasteiger partial charge is 0.165 e. The quantitative estimate of drug-likeness (QED) is 0.442. The number of benzene rings is 3. The van der Waals surface area contributed by atoms with Crippen LogP contribution in [0.1, 0.15) is 34.8 Å². The van der Waals surface area contributed by atoms with Crippen LogP contribution < -0.4 is 9.47 Å². The van der Waals surface area contributed by atoms with E-state index in [-0.39, 0.29) is 24.9 Å². The summed E-state index contributed by atoms with van der Waals surface area (Å²) in [5.74, 6) is 0.544. The summed E-state index contributed by atoms with van der Waals surface area (Å²) in [4.78, 5) is 0. The average molecular weight is 515 g/mol. The molecule has 8 heteroatoms. The molecule has 0 radical (unpaired) electrons. The van der Waals surface area contributed by atoms with Crippen LogP contribution in [-0.2, 0) is 17.6 Å². The van der Waals surface area contributed by atoms with Gasteiger partial charge in [-0.3, -0.25) is 0 Å². The first-order chi connectivity index (χ1) is 17.4. The van der Waals surface area contributed by atoms with Crippen molar-refractivity contribution in [3.8, 4) is 11.5 Å². The second-order valence-electron chi connectivity index (χ2n) is 9.29. The second kappa shape index (κ2) is 10.7. The first kappa shape index (κ1) is 25.0. The van der Waals surface area contributed by atoms with Crippen molar-refractivity contribution >= 4 is 11.6 Å². The van der Waals surface area contributed by atoms with Gasteiger partial charge in [0.05, 0.1) is 18.8 Å². The van der Waals surface area contributed by atoms with E-state index in [1.165, 1.54) is 6.07 Å². The van der Waals surface area contributed by atoms with Gasteiger partial charge in [0, 0.05) is 17.9 Å².